The molecule has 7 heteroatoms. The smallest absolute Gasteiger partial charge is 0.221 e. The average molecular weight is 464 g/mol. The van der Waals surface area contributed by atoms with E-state index in [1.54, 1.807) is 0 Å². The summed E-state index contributed by atoms with van der Waals surface area (Å²) in [5.41, 5.74) is 1.87. The first kappa shape index (κ1) is 23.0. The maximum atomic E-state index is 11.1. The fraction of sp³-hybridized carbons (Fsp3) is 0.529. The van der Waals surface area contributed by atoms with Gasteiger partial charge in [0.25, 0.3) is 0 Å². The highest BCUT2D eigenvalue weighted by atomic mass is 127. The van der Waals surface area contributed by atoms with Crippen LogP contribution in [0.2, 0.25) is 0 Å². The molecule has 0 fully saturated rings. The second-order valence-electron chi connectivity index (χ2n) is 5.20. The van der Waals surface area contributed by atoms with Gasteiger partial charge in [-0.05, 0) is 49.5 Å². The number of guanidine groups is 1. The van der Waals surface area contributed by atoms with E-state index in [2.05, 4.69) is 34.1 Å². The lowest BCUT2D eigenvalue weighted by Gasteiger charge is -2.11. The Morgan fingerprint density at radius 2 is 2.04 bits per heavy atom. The molecule has 0 saturated carbocycles. The minimum absolute atomic E-state index is 0. The van der Waals surface area contributed by atoms with Crippen LogP contribution >= 0.6 is 35.7 Å². The second kappa shape index (κ2) is 14.4. The van der Waals surface area contributed by atoms with Gasteiger partial charge in [0.1, 0.15) is 0 Å². The second-order valence-corrected chi connectivity index (χ2v) is 6.19. The van der Waals surface area contributed by atoms with E-state index in [9.17, 15) is 4.79 Å². The summed E-state index contributed by atoms with van der Waals surface area (Å²) in [7, 11) is 0. The predicted octanol–water partition coefficient (Wildman–Crippen LogP) is 3.46. The highest BCUT2D eigenvalue weighted by molar-refractivity contribution is 14.0. The number of carbonyl (C=O) groups excluding carboxylic acids is 1. The van der Waals surface area contributed by atoms with Crippen LogP contribution in [0.1, 0.15) is 32.3 Å². The first-order chi connectivity index (χ1) is 11.2. The molecule has 0 radical (unpaired) electrons. The number of unbranched alkanes of at least 4 members (excludes halogenated alkanes) is 1. The number of aliphatic imine (C=N–C) groups is 1. The Labute approximate surface area is 166 Å². The maximum Gasteiger partial charge on any atom is 0.221 e. The monoisotopic (exact) mass is 464 g/mol. The Hall–Kier alpha value is -0.960. The number of nitrogens with zero attached hydrogens (tertiary/aromatic N) is 1. The molecule has 3 N–H and O–H groups in total. The number of carbonyl (C=O) groups is 1. The number of amides is 1. The summed E-state index contributed by atoms with van der Waals surface area (Å²) in [5, 5.41) is 9.40. The molecule has 0 aliphatic rings. The third kappa shape index (κ3) is 10.7. The van der Waals surface area contributed by atoms with E-state index in [1.807, 2.05) is 36.0 Å². The van der Waals surface area contributed by atoms with Gasteiger partial charge in [-0.15, -0.1) is 24.0 Å². The van der Waals surface area contributed by atoms with Gasteiger partial charge in [-0.1, -0.05) is 12.1 Å². The van der Waals surface area contributed by atoms with Crippen LogP contribution < -0.4 is 16.0 Å². The minimum Gasteiger partial charge on any atom is -0.357 e. The number of benzene rings is 1. The topological polar surface area (TPSA) is 65.5 Å². The fourth-order valence-corrected chi connectivity index (χ4v) is 2.53. The van der Waals surface area contributed by atoms with Crippen molar-refractivity contribution in [2.24, 2.45) is 4.99 Å². The molecule has 0 saturated heterocycles. The third-order valence-corrected chi connectivity index (χ3v) is 3.78. The average Bonchev–Trinajstić information content (AvgIpc) is 2.52. The Morgan fingerprint density at radius 1 is 1.25 bits per heavy atom. The molecular weight excluding hydrogens is 435 g/mol. The van der Waals surface area contributed by atoms with Gasteiger partial charge < -0.3 is 16.0 Å². The Morgan fingerprint density at radius 3 is 2.71 bits per heavy atom. The van der Waals surface area contributed by atoms with Crippen LogP contribution in [0.4, 0.5) is 5.69 Å². The van der Waals surface area contributed by atoms with E-state index in [0.29, 0.717) is 6.54 Å². The van der Waals surface area contributed by atoms with Gasteiger partial charge in [-0.2, -0.15) is 11.8 Å². The van der Waals surface area contributed by atoms with Crippen LogP contribution in [0, 0.1) is 0 Å². The van der Waals surface area contributed by atoms with Crippen LogP contribution in [0.15, 0.2) is 29.3 Å². The van der Waals surface area contributed by atoms with Crippen LogP contribution in [0.5, 0.6) is 0 Å². The molecule has 0 unspecified atom stereocenters. The number of halogens is 1. The largest absolute Gasteiger partial charge is 0.357 e. The molecule has 0 aromatic heterocycles. The third-order valence-electron chi connectivity index (χ3n) is 3.08. The zero-order chi connectivity index (χ0) is 16.9. The summed E-state index contributed by atoms with van der Waals surface area (Å²) >= 11 is 1.88. The number of anilines is 1. The van der Waals surface area contributed by atoms with Crippen LogP contribution in [0.25, 0.3) is 0 Å². The highest BCUT2D eigenvalue weighted by Crippen LogP contribution is 2.11. The lowest BCUT2D eigenvalue weighted by molar-refractivity contribution is -0.114. The van der Waals surface area contributed by atoms with E-state index < -0.39 is 0 Å². The fourth-order valence-electron chi connectivity index (χ4n) is 2.04. The summed E-state index contributed by atoms with van der Waals surface area (Å²) < 4.78 is 0. The standard InChI is InChI=1S/C17H28N4OS.HI/c1-4-18-17(19-10-5-6-11-23-3)20-13-15-8-7-9-16(12-15)21-14(2)22;/h7-9,12H,4-6,10-11,13H2,1-3H3,(H,21,22)(H2,18,19,20);1H. The Balaban J connectivity index is 0.00000529. The zero-order valence-corrected chi connectivity index (χ0v) is 17.9. The molecule has 0 aliphatic heterocycles. The van der Waals surface area contributed by atoms with Gasteiger partial charge in [0.15, 0.2) is 5.96 Å². The lowest BCUT2D eigenvalue weighted by Crippen LogP contribution is -2.37. The van der Waals surface area contributed by atoms with Crippen LogP contribution in [-0.2, 0) is 11.3 Å². The van der Waals surface area contributed by atoms with Gasteiger partial charge in [-0.3, -0.25) is 4.79 Å². The van der Waals surface area contributed by atoms with Crippen molar-refractivity contribution in [3.8, 4) is 0 Å². The molecule has 0 atom stereocenters. The molecule has 0 bridgehead atoms. The van der Waals surface area contributed by atoms with E-state index in [1.165, 1.54) is 19.1 Å². The highest BCUT2D eigenvalue weighted by Gasteiger charge is 2.00. The summed E-state index contributed by atoms with van der Waals surface area (Å²) in [5.74, 6) is 1.97. The summed E-state index contributed by atoms with van der Waals surface area (Å²) in [4.78, 5) is 15.7. The predicted molar refractivity (Wildman–Crippen MR) is 117 cm³/mol. The number of nitrogens with one attached hydrogen (secondary N) is 3. The Bertz CT molecular complexity index is 511. The summed E-state index contributed by atoms with van der Waals surface area (Å²) in [6, 6.07) is 7.77. The molecule has 1 amide bonds. The van der Waals surface area contributed by atoms with Crippen molar-refractivity contribution in [2.75, 3.05) is 30.4 Å². The van der Waals surface area contributed by atoms with E-state index >= 15 is 0 Å². The van der Waals surface area contributed by atoms with Gasteiger partial charge >= 0.3 is 0 Å². The number of hydrogen-bond donors (Lipinski definition) is 3. The number of thioether (sulfide) groups is 1. The zero-order valence-electron chi connectivity index (χ0n) is 14.7. The van der Waals surface area contributed by atoms with Crippen molar-refractivity contribution in [1.29, 1.82) is 0 Å². The molecular formula is C17H29IN4OS. The lowest BCUT2D eigenvalue weighted by atomic mass is 10.2. The normalized spacial score (nSPS) is 10.7. The molecule has 0 aliphatic carbocycles. The van der Waals surface area contributed by atoms with Gasteiger partial charge in [0.2, 0.25) is 5.91 Å². The summed E-state index contributed by atoms with van der Waals surface area (Å²) in [6.07, 6.45) is 4.49. The van der Waals surface area contributed by atoms with Gasteiger partial charge in [0, 0.05) is 25.7 Å². The summed E-state index contributed by atoms with van der Waals surface area (Å²) in [6.45, 7) is 5.91. The first-order valence-corrected chi connectivity index (χ1v) is 9.42. The minimum atomic E-state index is -0.0640. The SMILES string of the molecule is CCNC(=NCc1cccc(NC(C)=O)c1)NCCCCSC.I. The molecule has 136 valence electrons. The van der Waals surface area contributed by atoms with Crippen LogP contribution in [0.3, 0.4) is 0 Å². The maximum absolute atomic E-state index is 11.1. The van der Waals surface area contributed by atoms with Crippen molar-refractivity contribution in [3.63, 3.8) is 0 Å². The van der Waals surface area contributed by atoms with E-state index in [0.717, 1.165) is 36.7 Å². The van der Waals surface area contributed by atoms with Crippen molar-refractivity contribution < 1.29 is 4.79 Å². The van der Waals surface area contributed by atoms with E-state index in [4.69, 9.17) is 0 Å². The van der Waals surface area contributed by atoms with Gasteiger partial charge in [-0.25, -0.2) is 4.99 Å². The van der Waals surface area contributed by atoms with Crippen molar-refractivity contribution in [3.05, 3.63) is 29.8 Å². The van der Waals surface area contributed by atoms with Crippen molar-refractivity contribution in [1.82, 2.24) is 10.6 Å². The molecule has 1 aromatic carbocycles. The molecule has 24 heavy (non-hydrogen) atoms. The molecule has 1 rings (SSSR count). The quantitative estimate of drug-likeness (QED) is 0.227. The first-order valence-electron chi connectivity index (χ1n) is 8.03. The Kier molecular flexibility index (Phi) is 13.8. The molecule has 0 spiro atoms. The number of hydrogen-bond acceptors (Lipinski definition) is 3. The molecule has 0 heterocycles. The molecule has 1 aromatic rings. The van der Waals surface area contributed by atoms with Crippen LogP contribution in [-0.4, -0.2) is 37.0 Å². The number of rotatable bonds is 9. The molecule has 5 nitrogen and oxygen atoms in total. The van der Waals surface area contributed by atoms with Crippen molar-refractivity contribution >= 4 is 53.3 Å². The van der Waals surface area contributed by atoms with E-state index in [-0.39, 0.29) is 29.9 Å². The van der Waals surface area contributed by atoms with Gasteiger partial charge in [0.05, 0.1) is 6.54 Å². The van der Waals surface area contributed by atoms with Crippen molar-refractivity contribution in [2.45, 2.75) is 33.2 Å².